The van der Waals surface area contributed by atoms with Gasteiger partial charge in [0.15, 0.2) is 6.10 Å². The summed E-state index contributed by atoms with van der Waals surface area (Å²) in [6.45, 7) is 6.49. The Kier molecular flexibility index (Phi) is 49.8. The molecule has 0 radical (unpaired) electrons. The molecule has 0 N–H and O–H groups in total. The molecule has 0 aromatic heterocycles. The zero-order chi connectivity index (χ0) is 45.8. The van der Waals surface area contributed by atoms with E-state index in [1.807, 2.05) is 6.08 Å². The van der Waals surface area contributed by atoms with Crippen LogP contribution in [0.5, 0.6) is 0 Å². The number of carbonyl (C=O) groups excluding carboxylic acids is 3. The summed E-state index contributed by atoms with van der Waals surface area (Å²) in [6.07, 6.45) is 62.6. The van der Waals surface area contributed by atoms with Gasteiger partial charge in [-0.2, -0.15) is 0 Å². The highest BCUT2D eigenvalue weighted by molar-refractivity contribution is 5.71. The predicted octanol–water partition coefficient (Wildman–Crippen LogP) is 17.9. The van der Waals surface area contributed by atoms with E-state index in [-0.39, 0.29) is 37.5 Å². The highest BCUT2D eigenvalue weighted by Gasteiger charge is 2.19. The average molecular weight is 883 g/mol. The number of rotatable bonds is 49. The van der Waals surface area contributed by atoms with Gasteiger partial charge >= 0.3 is 17.9 Å². The van der Waals surface area contributed by atoms with Crippen LogP contribution < -0.4 is 0 Å². The SMILES string of the molecule is CC/C=C\C/C=C\C/C=C\C/C=C\CCC(=O)OC(COC(=O)CCCCCCCCCCCCCCC)COC(=O)CCCCCCCCCCCCCCCCCCCCC. The number of hydrogen-bond acceptors (Lipinski definition) is 6. The van der Waals surface area contributed by atoms with E-state index in [9.17, 15) is 14.4 Å². The first-order valence-electron chi connectivity index (χ1n) is 27.1. The molecule has 0 aromatic rings. The third kappa shape index (κ3) is 50.2. The van der Waals surface area contributed by atoms with Crippen LogP contribution in [0.15, 0.2) is 48.6 Å². The Morgan fingerprint density at radius 2 is 0.619 bits per heavy atom. The minimum atomic E-state index is -0.806. The van der Waals surface area contributed by atoms with Gasteiger partial charge in [0, 0.05) is 19.3 Å². The molecule has 0 spiro atoms. The van der Waals surface area contributed by atoms with Gasteiger partial charge in [0.25, 0.3) is 0 Å². The van der Waals surface area contributed by atoms with Gasteiger partial charge in [-0.3, -0.25) is 14.4 Å². The molecule has 0 heterocycles. The molecule has 366 valence electrons. The first kappa shape index (κ1) is 60.4. The molecule has 1 unspecified atom stereocenters. The molecule has 0 aromatic carbocycles. The maximum Gasteiger partial charge on any atom is 0.306 e. The van der Waals surface area contributed by atoms with Crippen LogP contribution in [0.1, 0.15) is 278 Å². The minimum absolute atomic E-state index is 0.0975. The van der Waals surface area contributed by atoms with Crippen molar-refractivity contribution in [2.24, 2.45) is 0 Å². The summed E-state index contributed by atoms with van der Waals surface area (Å²) < 4.78 is 16.7. The van der Waals surface area contributed by atoms with Crippen molar-refractivity contribution in [3.63, 3.8) is 0 Å². The molecule has 0 saturated heterocycles. The largest absolute Gasteiger partial charge is 0.462 e. The van der Waals surface area contributed by atoms with Gasteiger partial charge in [0.2, 0.25) is 0 Å². The van der Waals surface area contributed by atoms with E-state index in [0.717, 1.165) is 64.2 Å². The van der Waals surface area contributed by atoms with Gasteiger partial charge < -0.3 is 14.2 Å². The summed E-state index contributed by atoms with van der Waals surface area (Å²) in [4.78, 5) is 38.0. The van der Waals surface area contributed by atoms with Crippen molar-refractivity contribution in [2.75, 3.05) is 13.2 Å². The van der Waals surface area contributed by atoms with Crippen LogP contribution in [0, 0.1) is 0 Å². The van der Waals surface area contributed by atoms with E-state index in [4.69, 9.17) is 14.2 Å². The summed E-state index contributed by atoms with van der Waals surface area (Å²) in [7, 11) is 0. The van der Waals surface area contributed by atoms with Crippen molar-refractivity contribution >= 4 is 17.9 Å². The third-order valence-corrected chi connectivity index (χ3v) is 11.9. The van der Waals surface area contributed by atoms with Crippen LogP contribution in [-0.4, -0.2) is 37.2 Å². The lowest BCUT2D eigenvalue weighted by molar-refractivity contribution is -0.166. The quantitative estimate of drug-likeness (QED) is 0.0262. The highest BCUT2D eigenvalue weighted by Crippen LogP contribution is 2.16. The number of unbranched alkanes of at least 4 members (excludes halogenated alkanes) is 30. The van der Waals surface area contributed by atoms with E-state index in [2.05, 4.69) is 63.3 Å². The maximum atomic E-state index is 12.7. The van der Waals surface area contributed by atoms with Crippen molar-refractivity contribution in [3.05, 3.63) is 48.6 Å². The number of carbonyl (C=O) groups is 3. The van der Waals surface area contributed by atoms with E-state index in [1.165, 1.54) is 167 Å². The summed E-state index contributed by atoms with van der Waals surface area (Å²) >= 11 is 0. The Morgan fingerprint density at radius 3 is 0.937 bits per heavy atom. The molecule has 0 amide bonds. The second-order valence-corrected chi connectivity index (χ2v) is 18.1. The lowest BCUT2D eigenvalue weighted by Gasteiger charge is -2.18. The second kappa shape index (κ2) is 52.0. The van der Waals surface area contributed by atoms with E-state index >= 15 is 0 Å². The van der Waals surface area contributed by atoms with Crippen molar-refractivity contribution < 1.29 is 28.6 Å². The van der Waals surface area contributed by atoms with Gasteiger partial charge in [-0.05, 0) is 44.9 Å². The second-order valence-electron chi connectivity index (χ2n) is 18.1. The monoisotopic (exact) mass is 883 g/mol. The van der Waals surface area contributed by atoms with Gasteiger partial charge in [-0.15, -0.1) is 0 Å². The number of esters is 3. The van der Waals surface area contributed by atoms with Crippen LogP contribution in [0.25, 0.3) is 0 Å². The Morgan fingerprint density at radius 1 is 0.333 bits per heavy atom. The molecule has 0 aliphatic heterocycles. The first-order valence-corrected chi connectivity index (χ1v) is 27.1. The molecular weight excluding hydrogens is 781 g/mol. The number of ether oxygens (including phenoxy) is 3. The highest BCUT2D eigenvalue weighted by atomic mass is 16.6. The summed E-state index contributed by atoms with van der Waals surface area (Å²) in [5.41, 5.74) is 0. The van der Waals surface area contributed by atoms with Gasteiger partial charge in [0.1, 0.15) is 13.2 Å². The molecule has 6 nitrogen and oxygen atoms in total. The van der Waals surface area contributed by atoms with Crippen LogP contribution in [-0.2, 0) is 28.6 Å². The van der Waals surface area contributed by atoms with Crippen molar-refractivity contribution in [1.82, 2.24) is 0 Å². The van der Waals surface area contributed by atoms with Crippen molar-refractivity contribution in [3.8, 4) is 0 Å². The molecule has 1 atom stereocenters. The number of hydrogen-bond donors (Lipinski definition) is 0. The summed E-state index contributed by atoms with van der Waals surface area (Å²) in [5, 5.41) is 0. The van der Waals surface area contributed by atoms with Crippen molar-refractivity contribution in [2.45, 2.75) is 284 Å². The molecule has 0 aliphatic rings. The Balaban J connectivity index is 4.36. The van der Waals surface area contributed by atoms with Crippen molar-refractivity contribution in [1.29, 1.82) is 0 Å². The van der Waals surface area contributed by atoms with Crippen LogP contribution in [0.2, 0.25) is 0 Å². The van der Waals surface area contributed by atoms with E-state index in [0.29, 0.717) is 19.3 Å². The molecule has 0 fully saturated rings. The summed E-state index contributed by atoms with van der Waals surface area (Å²) in [5.74, 6) is -0.967. The molecule has 0 bridgehead atoms. The molecule has 6 heteroatoms. The molecular formula is C57H102O6. The van der Waals surface area contributed by atoms with Gasteiger partial charge in [-0.25, -0.2) is 0 Å². The standard InChI is InChI=1S/C57H102O6/c1-4-7-10-13-16-19-22-25-26-27-28-29-30-33-35-38-41-44-47-50-56(59)62-53-54(63-57(60)51-48-45-42-39-36-32-24-21-18-15-12-9-6-3)52-61-55(58)49-46-43-40-37-34-31-23-20-17-14-11-8-5-2/h9,12,18,21,32,36,42,45,54H,4-8,10-11,13-17,19-20,22-31,33-35,37-41,43-44,46-53H2,1-3H3/b12-9-,21-18-,36-32-,45-42-. The van der Waals surface area contributed by atoms with Crippen LogP contribution in [0.4, 0.5) is 0 Å². The topological polar surface area (TPSA) is 78.9 Å². The summed E-state index contributed by atoms with van der Waals surface area (Å²) in [6, 6.07) is 0. The maximum absolute atomic E-state index is 12.7. The minimum Gasteiger partial charge on any atom is -0.462 e. The molecule has 0 rings (SSSR count). The smallest absolute Gasteiger partial charge is 0.306 e. The third-order valence-electron chi connectivity index (χ3n) is 11.9. The average Bonchev–Trinajstić information content (AvgIpc) is 3.28. The van der Waals surface area contributed by atoms with Gasteiger partial charge in [-0.1, -0.05) is 262 Å². The fraction of sp³-hybridized carbons (Fsp3) is 0.807. The zero-order valence-corrected chi connectivity index (χ0v) is 41.8. The zero-order valence-electron chi connectivity index (χ0n) is 41.8. The normalized spacial score (nSPS) is 12.4. The first-order chi connectivity index (χ1) is 31.0. The predicted molar refractivity (Wildman–Crippen MR) is 270 cm³/mol. The van der Waals surface area contributed by atoms with Crippen LogP contribution >= 0.6 is 0 Å². The lowest BCUT2D eigenvalue weighted by Crippen LogP contribution is -2.30. The number of allylic oxidation sites excluding steroid dienone is 8. The Labute approximate surface area is 390 Å². The Hall–Kier alpha value is -2.63. The van der Waals surface area contributed by atoms with E-state index < -0.39 is 6.10 Å². The Bertz CT molecular complexity index is 1110. The lowest BCUT2D eigenvalue weighted by atomic mass is 10.0. The molecule has 63 heavy (non-hydrogen) atoms. The molecule has 0 saturated carbocycles. The molecule has 0 aliphatic carbocycles. The van der Waals surface area contributed by atoms with Gasteiger partial charge in [0.05, 0.1) is 0 Å². The van der Waals surface area contributed by atoms with E-state index in [1.54, 1.807) is 0 Å². The van der Waals surface area contributed by atoms with Crippen LogP contribution in [0.3, 0.4) is 0 Å². The fourth-order valence-corrected chi connectivity index (χ4v) is 7.81. The fourth-order valence-electron chi connectivity index (χ4n) is 7.81.